The van der Waals surface area contributed by atoms with Crippen molar-refractivity contribution in [3.63, 3.8) is 0 Å². The van der Waals surface area contributed by atoms with Gasteiger partial charge in [-0.2, -0.15) is 0 Å². The van der Waals surface area contributed by atoms with E-state index in [4.69, 9.17) is 18.9 Å². The fraction of sp³-hybridized carbons (Fsp3) is 0.750. The van der Waals surface area contributed by atoms with E-state index < -0.39 is 24.3 Å². The summed E-state index contributed by atoms with van der Waals surface area (Å²) in [6, 6.07) is 0. The molecule has 0 aliphatic rings. The molecule has 0 aromatic heterocycles. The number of carboxylic acid groups (broad SMARTS) is 1. The molecule has 0 aromatic rings. The minimum absolute atomic E-state index is 0.182. The molecule has 0 aromatic carbocycles. The van der Waals surface area contributed by atoms with Crippen LogP contribution in [0.4, 0.5) is 0 Å². The molecule has 93 heavy (non-hydrogen) atoms. The summed E-state index contributed by atoms with van der Waals surface area (Å²) < 4.78 is 23.0. The van der Waals surface area contributed by atoms with Crippen LogP contribution in [0.25, 0.3) is 0 Å². The van der Waals surface area contributed by atoms with Crippen molar-refractivity contribution in [1.82, 2.24) is 0 Å². The molecular formula is C84H148NO8+. The number of ether oxygens (including phenoxy) is 4. The third-order valence-corrected chi connectivity index (χ3v) is 17.0. The zero-order valence-corrected chi connectivity index (χ0v) is 61.4. The van der Waals surface area contributed by atoms with E-state index in [1.54, 1.807) is 0 Å². The number of carbonyl (C=O) groups is 3. The first kappa shape index (κ1) is 89.0. The molecule has 0 rings (SSSR count). The summed E-state index contributed by atoms with van der Waals surface area (Å²) in [5.74, 6) is -2.01. The molecule has 0 bridgehead atoms. The first-order valence-corrected chi connectivity index (χ1v) is 39.1. The lowest BCUT2D eigenvalue weighted by Gasteiger charge is -2.25. The summed E-state index contributed by atoms with van der Waals surface area (Å²) in [6.07, 6.45) is 101. The van der Waals surface area contributed by atoms with Gasteiger partial charge in [0.2, 0.25) is 0 Å². The largest absolute Gasteiger partial charge is 0.477 e. The second-order valence-electron chi connectivity index (χ2n) is 27.3. The van der Waals surface area contributed by atoms with Gasteiger partial charge in [0.25, 0.3) is 6.29 Å². The Balaban J connectivity index is 4.09. The van der Waals surface area contributed by atoms with E-state index in [0.29, 0.717) is 23.9 Å². The number of allylic oxidation sites excluding steroid dienone is 18. The van der Waals surface area contributed by atoms with E-state index in [9.17, 15) is 19.5 Å². The Morgan fingerprint density at radius 3 is 0.914 bits per heavy atom. The van der Waals surface area contributed by atoms with Crippen LogP contribution in [0.15, 0.2) is 109 Å². The molecule has 0 aliphatic carbocycles. The Kier molecular flexibility index (Phi) is 70.5. The second-order valence-corrected chi connectivity index (χ2v) is 27.3. The van der Waals surface area contributed by atoms with Gasteiger partial charge in [-0.15, -0.1) is 0 Å². The molecule has 0 aliphatic heterocycles. The third kappa shape index (κ3) is 75.2. The standard InChI is InChI=1S/C84H147NO8/c1-6-8-10-12-14-16-18-20-22-24-26-28-30-32-34-36-38-40-41-43-45-47-49-51-53-55-57-59-61-63-65-67-69-71-73-75-82(87)93-80(79-92-84(83(88)89)90-77-76-85(3,4)5)78-91-81(86)74-72-70-68-66-64-62-60-58-56-54-52-50-48-46-44-42-39-37-35-33-31-29-27-25-23-21-19-17-15-13-11-9-7-2/h8,10,14,16,20,22,26,28,32,34,38,40,43,45,49,51,55,57,80,84H,6-7,9,11-13,15,17-19,21,23-25,27,29-31,33,35-37,39,41-42,44,46-48,50,52-54,56,58-79H2,1-5H3/p+1/b10-8-,16-14-,22-20-,28-26-,34-32-,40-38-,45-43-,51-49-,57-55-. The van der Waals surface area contributed by atoms with Crippen LogP contribution < -0.4 is 0 Å². The lowest BCUT2D eigenvalue weighted by atomic mass is 10.0. The fourth-order valence-electron chi connectivity index (χ4n) is 11.1. The number of carboxylic acids is 1. The van der Waals surface area contributed by atoms with Gasteiger partial charge in [-0.1, -0.05) is 361 Å². The van der Waals surface area contributed by atoms with Crippen LogP contribution in [0.2, 0.25) is 0 Å². The molecule has 0 saturated heterocycles. The minimum Gasteiger partial charge on any atom is -0.477 e. The van der Waals surface area contributed by atoms with Crippen molar-refractivity contribution >= 4 is 17.9 Å². The van der Waals surface area contributed by atoms with Crippen molar-refractivity contribution < 1.29 is 42.9 Å². The molecule has 0 amide bonds. The van der Waals surface area contributed by atoms with Gasteiger partial charge >= 0.3 is 17.9 Å². The van der Waals surface area contributed by atoms with Crippen molar-refractivity contribution in [3.05, 3.63) is 109 Å². The van der Waals surface area contributed by atoms with Crippen molar-refractivity contribution in [2.45, 2.75) is 360 Å². The second kappa shape index (κ2) is 73.8. The number of hydrogen-bond donors (Lipinski definition) is 1. The maximum Gasteiger partial charge on any atom is 0.361 e. The Bertz CT molecular complexity index is 1900. The van der Waals surface area contributed by atoms with E-state index in [1.807, 2.05) is 21.1 Å². The Morgan fingerprint density at radius 2 is 0.613 bits per heavy atom. The van der Waals surface area contributed by atoms with E-state index >= 15 is 0 Å². The third-order valence-electron chi connectivity index (χ3n) is 17.0. The zero-order valence-electron chi connectivity index (χ0n) is 61.4. The number of quaternary nitrogens is 1. The highest BCUT2D eigenvalue weighted by Gasteiger charge is 2.25. The Hall–Kier alpha value is -4.05. The molecule has 0 heterocycles. The average Bonchev–Trinajstić information content (AvgIpc) is 3.74. The lowest BCUT2D eigenvalue weighted by molar-refractivity contribution is -0.870. The summed E-state index contributed by atoms with van der Waals surface area (Å²) in [5.41, 5.74) is 0. The van der Waals surface area contributed by atoms with Crippen LogP contribution in [0, 0.1) is 0 Å². The van der Waals surface area contributed by atoms with Crippen molar-refractivity contribution in [2.75, 3.05) is 47.5 Å². The molecule has 1 N–H and O–H groups in total. The molecule has 536 valence electrons. The number of carbonyl (C=O) groups excluding carboxylic acids is 2. The van der Waals surface area contributed by atoms with E-state index in [1.165, 1.54) is 212 Å². The van der Waals surface area contributed by atoms with Crippen LogP contribution >= 0.6 is 0 Å². The molecule has 9 heteroatoms. The SMILES string of the molecule is CC/C=C\C/C=C\C/C=C\C/C=C\C/C=C\C/C=C\C/C=C\C/C=C\C/C=C\CCCCCCCCCC(=O)OC(COC(=O)CCCCCCCCCCCCCCCCCCCCCCCCCCCCCCCCCCC)COC(OCC[N+](C)(C)C)C(=O)O. The first-order chi connectivity index (χ1) is 45.6. The number of aliphatic carboxylic acids is 1. The van der Waals surface area contributed by atoms with Gasteiger partial charge < -0.3 is 28.5 Å². The lowest BCUT2D eigenvalue weighted by Crippen LogP contribution is -2.40. The van der Waals surface area contributed by atoms with E-state index in [-0.39, 0.29) is 32.2 Å². The predicted molar refractivity (Wildman–Crippen MR) is 401 cm³/mol. The van der Waals surface area contributed by atoms with Gasteiger partial charge in [-0.25, -0.2) is 4.79 Å². The Morgan fingerprint density at radius 1 is 0.333 bits per heavy atom. The number of rotatable bonds is 72. The van der Waals surface area contributed by atoms with E-state index in [0.717, 1.165) is 103 Å². The highest BCUT2D eigenvalue weighted by molar-refractivity contribution is 5.71. The topological polar surface area (TPSA) is 108 Å². The number of esters is 2. The molecule has 2 atom stereocenters. The average molecular weight is 1300 g/mol. The molecule has 0 saturated carbocycles. The minimum atomic E-state index is -1.52. The van der Waals surface area contributed by atoms with Crippen LogP contribution in [-0.4, -0.2) is 87.4 Å². The molecule has 0 spiro atoms. The highest BCUT2D eigenvalue weighted by Crippen LogP contribution is 2.19. The predicted octanol–water partition coefficient (Wildman–Crippen LogP) is 24.9. The maximum atomic E-state index is 13.0. The van der Waals surface area contributed by atoms with Gasteiger partial charge in [0, 0.05) is 12.8 Å². The Labute approximate surface area is 575 Å². The number of likely N-dealkylation sites (N-methyl/N-ethyl adjacent to an activating group) is 1. The van der Waals surface area contributed by atoms with Gasteiger partial charge in [0.05, 0.1) is 34.4 Å². The van der Waals surface area contributed by atoms with Crippen LogP contribution in [0.3, 0.4) is 0 Å². The van der Waals surface area contributed by atoms with Crippen molar-refractivity contribution in [1.29, 1.82) is 0 Å². The molecule has 9 nitrogen and oxygen atoms in total. The maximum absolute atomic E-state index is 13.0. The highest BCUT2D eigenvalue weighted by atomic mass is 16.7. The monoisotopic (exact) mass is 1300 g/mol. The molecular weight excluding hydrogens is 1150 g/mol. The number of nitrogens with zero attached hydrogens (tertiary/aromatic N) is 1. The molecule has 2 unspecified atom stereocenters. The first-order valence-electron chi connectivity index (χ1n) is 39.1. The summed E-state index contributed by atoms with van der Waals surface area (Å²) in [7, 11) is 5.98. The van der Waals surface area contributed by atoms with E-state index in [2.05, 4.69) is 123 Å². The zero-order chi connectivity index (χ0) is 67.5. The fourth-order valence-corrected chi connectivity index (χ4v) is 11.1. The summed E-state index contributed by atoms with van der Waals surface area (Å²) in [6.45, 7) is 4.79. The number of unbranched alkanes of at least 4 members (excludes halogenated alkanes) is 39. The molecule has 0 radical (unpaired) electrons. The van der Waals surface area contributed by atoms with Gasteiger partial charge in [-0.05, 0) is 83.5 Å². The normalized spacial score (nSPS) is 13.3. The quantitative estimate of drug-likeness (QED) is 0.0211. The van der Waals surface area contributed by atoms with Crippen molar-refractivity contribution in [2.24, 2.45) is 0 Å². The van der Waals surface area contributed by atoms with Crippen molar-refractivity contribution in [3.8, 4) is 0 Å². The molecule has 0 fully saturated rings. The summed E-state index contributed by atoms with van der Waals surface area (Å²) in [4.78, 5) is 37.7. The van der Waals surface area contributed by atoms with Gasteiger partial charge in [0.1, 0.15) is 13.2 Å². The summed E-state index contributed by atoms with van der Waals surface area (Å²) in [5, 5.41) is 9.77. The van der Waals surface area contributed by atoms with Gasteiger partial charge in [-0.3, -0.25) is 9.59 Å². The smallest absolute Gasteiger partial charge is 0.361 e. The van der Waals surface area contributed by atoms with Crippen LogP contribution in [0.5, 0.6) is 0 Å². The van der Waals surface area contributed by atoms with Crippen LogP contribution in [-0.2, 0) is 33.3 Å². The van der Waals surface area contributed by atoms with Gasteiger partial charge in [0.15, 0.2) is 6.10 Å². The summed E-state index contributed by atoms with van der Waals surface area (Å²) >= 11 is 0. The van der Waals surface area contributed by atoms with Crippen LogP contribution in [0.1, 0.15) is 348 Å². The number of hydrogen-bond acceptors (Lipinski definition) is 7.